The van der Waals surface area contributed by atoms with Crippen LogP contribution in [0.4, 0.5) is 13.2 Å². The van der Waals surface area contributed by atoms with E-state index in [4.69, 9.17) is 4.74 Å². The van der Waals surface area contributed by atoms with Crippen molar-refractivity contribution < 1.29 is 17.9 Å². The van der Waals surface area contributed by atoms with Crippen molar-refractivity contribution in [3.8, 4) is 5.75 Å². The maximum atomic E-state index is 12.4. The highest BCUT2D eigenvalue weighted by Gasteiger charge is 2.29. The van der Waals surface area contributed by atoms with Gasteiger partial charge in [-0.05, 0) is 31.2 Å². The Hall–Kier alpha value is -0.750. The summed E-state index contributed by atoms with van der Waals surface area (Å²) in [4.78, 5) is 0. The second-order valence-corrected chi connectivity index (χ2v) is 5.07. The first-order valence-electron chi connectivity index (χ1n) is 6.01. The zero-order valence-corrected chi connectivity index (χ0v) is 12.4. The second kappa shape index (κ2) is 7.14. The highest BCUT2D eigenvalue weighted by Crippen LogP contribution is 2.33. The molecule has 1 unspecified atom stereocenters. The van der Waals surface area contributed by atoms with Crippen LogP contribution in [-0.4, -0.2) is 19.8 Å². The minimum absolute atomic E-state index is 0.00977. The molecule has 0 heterocycles. The second-order valence-electron chi connectivity index (χ2n) is 4.15. The minimum Gasteiger partial charge on any atom is -0.496 e. The molecule has 1 N–H and O–H groups in total. The molecule has 0 aliphatic rings. The van der Waals surface area contributed by atoms with Crippen molar-refractivity contribution in [3.63, 3.8) is 0 Å². The molecule has 0 fully saturated rings. The lowest BCUT2D eigenvalue weighted by molar-refractivity contribution is -0.136. The number of alkyl halides is 3. The Bertz CT molecular complexity index is 409. The first-order valence-corrected chi connectivity index (χ1v) is 6.80. The molecule has 0 aliphatic carbocycles. The Morgan fingerprint density at radius 1 is 1.37 bits per heavy atom. The Morgan fingerprint density at radius 2 is 2.05 bits per heavy atom. The topological polar surface area (TPSA) is 21.3 Å². The number of halogens is 4. The predicted octanol–water partition coefficient (Wildman–Crippen LogP) is 4.45. The lowest BCUT2D eigenvalue weighted by Gasteiger charge is -2.21. The Morgan fingerprint density at radius 3 is 2.58 bits per heavy atom. The summed E-state index contributed by atoms with van der Waals surface area (Å²) < 4.78 is 43.1. The van der Waals surface area contributed by atoms with Crippen LogP contribution >= 0.6 is 15.9 Å². The van der Waals surface area contributed by atoms with Gasteiger partial charge in [-0.1, -0.05) is 22.9 Å². The SMILES string of the molecule is CCNC(CCC(F)(F)F)c1cc(Br)ccc1OC. The summed E-state index contributed by atoms with van der Waals surface area (Å²) in [7, 11) is 1.51. The first-order chi connectivity index (χ1) is 8.87. The van der Waals surface area contributed by atoms with E-state index in [1.54, 1.807) is 18.2 Å². The summed E-state index contributed by atoms with van der Waals surface area (Å²) in [5, 5.41) is 3.07. The number of rotatable bonds is 6. The third-order valence-electron chi connectivity index (χ3n) is 2.73. The zero-order valence-electron chi connectivity index (χ0n) is 10.9. The van der Waals surface area contributed by atoms with Gasteiger partial charge in [0.2, 0.25) is 0 Å². The highest BCUT2D eigenvalue weighted by atomic mass is 79.9. The third-order valence-corrected chi connectivity index (χ3v) is 3.23. The van der Waals surface area contributed by atoms with Crippen LogP contribution in [0.5, 0.6) is 5.75 Å². The van der Waals surface area contributed by atoms with Gasteiger partial charge in [0, 0.05) is 22.5 Å². The van der Waals surface area contributed by atoms with E-state index in [0.717, 1.165) is 10.0 Å². The van der Waals surface area contributed by atoms with Crippen LogP contribution < -0.4 is 10.1 Å². The number of ether oxygens (including phenoxy) is 1. The van der Waals surface area contributed by atoms with Crippen LogP contribution in [0.25, 0.3) is 0 Å². The molecule has 0 radical (unpaired) electrons. The first kappa shape index (κ1) is 16.3. The van der Waals surface area contributed by atoms with Crippen LogP contribution in [0.2, 0.25) is 0 Å². The van der Waals surface area contributed by atoms with E-state index in [-0.39, 0.29) is 12.5 Å². The quantitative estimate of drug-likeness (QED) is 0.826. The van der Waals surface area contributed by atoms with E-state index in [1.807, 2.05) is 6.92 Å². The average molecular weight is 340 g/mol. The Labute approximate surface area is 119 Å². The van der Waals surface area contributed by atoms with Crippen molar-refractivity contribution in [1.82, 2.24) is 5.32 Å². The van der Waals surface area contributed by atoms with Crippen molar-refractivity contribution in [2.45, 2.75) is 32.0 Å². The standard InChI is InChI=1S/C13H17BrF3NO/c1-3-18-11(6-7-13(15,16)17)10-8-9(14)4-5-12(10)19-2/h4-5,8,11,18H,3,6-7H2,1-2H3. The van der Waals surface area contributed by atoms with Gasteiger partial charge in [0.25, 0.3) is 0 Å². The molecule has 108 valence electrons. The van der Waals surface area contributed by atoms with E-state index in [2.05, 4.69) is 21.2 Å². The van der Waals surface area contributed by atoms with E-state index < -0.39 is 12.6 Å². The molecule has 0 amide bonds. The van der Waals surface area contributed by atoms with Gasteiger partial charge in [-0.2, -0.15) is 13.2 Å². The van der Waals surface area contributed by atoms with Crippen LogP contribution in [-0.2, 0) is 0 Å². The van der Waals surface area contributed by atoms with Crippen LogP contribution in [0.15, 0.2) is 22.7 Å². The summed E-state index contributed by atoms with van der Waals surface area (Å²) >= 11 is 3.33. The summed E-state index contributed by atoms with van der Waals surface area (Å²) in [5.74, 6) is 0.594. The molecule has 6 heteroatoms. The molecule has 2 nitrogen and oxygen atoms in total. The molecule has 1 aromatic rings. The van der Waals surface area contributed by atoms with Gasteiger partial charge in [0.15, 0.2) is 0 Å². The van der Waals surface area contributed by atoms with Gasteiger partial charge < -0.3 is 10.1 Å². The normalized spacial score (nSPS) is 13.4. The number of nitrogens with one attached hydrogen (secondary N) is 1. The molecular formula is C13H17BrF3NO. The summed E-state index contributed by atoms with van der Waals surface area (Å²) in [6.45, 7) is 2.46. The molecule has 0 aliphatic heterocycles. The average Bonchev–Trinajstić information content (AvgIpc) is 2.33. The van der Waals surface area contributed by atoms with Gasteiger partial charge in [0.1, 0.15) is 5.75 Å². The van der Waals surface area contributed by atoms with Gasteiger partial charge >= 0.3 is 6.18 Å². The van der Waals surface area contributed by atoms with Gasteiger partial charge in [-0.15, -0.1) is 0 Å². The van der Waals surface area contributed by atoms with Gasteiger partial charge in [-0.3, -0.25) is 0 Å². The molecule has 0 bridgehead atoms. The van der Waals surface area contributed by atoms with Crippen LogP contribution in [0.1, 0.15) is 31.4 Å². The van der Waals surface area contributed by atoms with Crippen molar-refractivity contribution >= 4 is 15.9 Å². The largest absolute Gasteiger partial charge is 0.496 e. The molecular weight excluding hydrogens is 323 g/mol. The number of benzene rings is 1. The lowest BCUT2D eigenvalue weighted by Crippen LogP contribution is -2.23. The van der Waals surface area contributed by atoms with E-state index in [9.17, 15) is 13.2 Å². The smallest absolute Gasteiger partial charge is 0.389 e. The molecule has 19 heavy (non-hydrogen) atoms. The number of methoxy groups -OCH3 is 1. The zero-order chi connectivity index (χ0) is 14.5. The highest BCUT2D eigenvalue weighted by molar-refractivity contribution is 9.10. The lowest BCUT2D eigenvalue weighted by atomic mass is 10.0. The third kappa shape index (κ3) is 5.40. The molecule has 1 atom stereocenters. The Kier molecular flexibility index (Phi) is 6.13. The predicted molar refractivity (Wildman–Crippen MR) is 72.4 cm³/mol. The molecule has 0 saturated carbocycles. The molecule has 0 saturated heterocycles. The van der Waals surface area contributed by atoms with E-state index >= 15 is 0 Å². The fraction of sp³-hybridized carbons (Fsp3) is 0.538. The van der Waals surface area contributed by atoms with Gasteiger partial charge in [-0.25, -0.2) is 0 Å². The summed E-state index contributed by atoms with van der Waals surface area (Å²) in [6, 6.07) is 4.97. The number of hydrogen-bond donors (Lipinski definition) is 1. The van der Waals surface area contributed by atoms with E-state index in [1.165, 1.54) is 7.11 Å². The number of hydrogen-bond acceptors (Lipinski definition) is 2. The van der Waals surface area contributed by atoms with Crippen molar-refractivity contribution in [2.75, 3.05) is 13.7 Å². The summed E-state index contributed by atoms with van der Waals surface area (Å²) in [5.41, 5.74) is 0.739. The Balaban J connectivity index is 2.94. The summed E-state index contributed by atoms with van der Waals surface area (Å²) in [6.07, 6.45) is -4.97. The van der Waals surface area contributed by atoms with Crippen molar-refractivity contribution in [1.29, 1.82) is 0 Å². The molecule has 0 spiro atoms. The maximum Gasteiger partial charge on any atom is 0.389 e. The fourth-order valence-electron chi connectivity index (χ4n) is 1.90. The van der Waals surface area contributed by atoms with Crippen molar-refractivity contribution in [3.05, 3.63) is 28.2 Å². The molecule has 1 rings (SSSR count). The fourth-order valence-corrected chi connectivity index (χ4v) is 2.28. The van der Waals surface area contributed by atoms with Crippen LogP contribution in [0, 0.1) is 0 Å². The van der Waals surface area contributed by atoms with Crippen molar-refractivity contribution in [2.24, 2.45) is 0 Å². The molecule has 1 aromatic carbocycles. The minimum atomic E-state index is -4.15. The van der Waals surface area contributed by atoms with Gasteiger partial charge in [0.05, 0.1) is 7.11 Å². The molecule has 0 aromatic heterocycles. The maximum absolute atomic E-state index is 12.4. The van der Waals surface area contributed by atoms with E-state index in [0.29, 0.717) is 12.3 Å². The van der Waals surface area contributed by atoms with Crippen LogP contribution in [0.3, 0.4) is 0 Å². The monoisotopic (exact) mass is 339 g/mol.